The number of benzene rings is 1. The second-order valence-corrected chi connectivity index (χ2v) is 6.77. The Morgan fingerprint density at radius 3 is 2.18 bits per heavy atom. The van der Waals surface area contributed by atoms with E-state index in [1.807, 2.05) is 27.7 Å². The van der Waals surface area contributed by atoms with Crippen LogP contribution in [0, 0.1) is 5.92 Å². The number of carboxylic acids is 1. The maximum Gasteiger partial charge on any atom is 0.320 e. The molecule has 0 amide bonds. The topological polar surface area (TPSA) is 58.6 Å². The van der Waals surface area contributed by atoms with Crippen LogP contribution in [0.15, 0.2) is 12.1 Å². The number of hydrogen-bond donors (Lipinski definition) is 2. The van der Waals surface area contributed by atoms with Crippen molar-refractivity contribution in [3.05, 3.63) is 27.7 Å². The molecule has 1 atom stereocenters. The molecule has 0 aromatic heterocycles. The van der Waals surface area contributed by atoms with Gasteiger partial charge in [0.2, 0.25) is 0 Å². The van der Waals surface area contributed by atoms with E-state index in [9.17, 15) is 9.90 Å². The lowest BCUT2D eigenvalue weighted by Crippen LogP contribution is -2.37. The van der Waals surface area contributed by atoms with E-state index in [4.69, 9.17) is 27.9 Å². The monoisotopic (exact) mass is 347 g/mol. The quantitative estimate of drug-likeness (QED) is 0.732. The minimum Gasteiger partial charge on any atom is -0.488 e. The summed E-state index contributed by atoms with van der Waals surface area (Å²) in [5, 5.41) is 13.1. The zero-order valence-corrected chi connectivity index (χ0v) is 14.8. The molecule has 22 heavy (non-hydrogen) atoms. The highest BCUT2D eigenvalue weighted by molar-refractivity contribution is 6.37. The van der Waals surface area contributed by atoms with Crippen molar-refractivity contribution in [2.24, 2.45) is 5.92 Å². The third-order valence-electron chi connectivity index (χ3n) is 2.97. The molecule has 0 spiro atoms. The van der Waals surface area contributed by atoms with Crippen LogP contribution in [-0.2, 0) is 11.3 Å². The molecule has 0 aliphatic heterocycles. The van der Waals surface area contributed by atoms with Gasteiger partial charge in [-0.2, -0.15) is 0 Å². The Hall–Kier alpha value is -0.970. The molecule has 1 aromatic rings. The molecule has 6 heteroatoms. The average molecular weight is 348 g/mol. The molecule has 0 heterocycles. The normalized spacial score (nSPS) is 12.7. The fourth-order valence-electron chi connectivity index (χ4n) is 2.05. The Kier molecular flexibility index (Phi) is 7.46. The highest BCUT2D eigenvalue weighted by Gasteiger charge is 2.19. The van der Waals surface area contributed by atoms with Crippen molar-refractivity contribution in [2.75, 3.05) is 0 Å². The fourth-order valence-corrected chi connectivity index (χ4v) is 2.67. The van der Waals surface area contributed by atoms with Crippen molar-refractivity contribution in [3.63, 3.8) is 0 Å². The van der Waals surface area contributed by atoms with E-state index >= 15 is 0 Å². The van der Waals surface area contributed by atoms with Crippen LogP contribution in [0.3, 0.4) is 0 Å². The zero-order chi connectivity index (χ0) is 16.9. The molecular formula is C16H23Cl2NO3. The fraction of sp³-hybridized carbons (Fsp3) is 0.562. The lowest BCUT2D eigenvalue weighted by atomic mass is 10.0. The summed E-state index contributed by atoms with van der Waals surface area (Å²) in [6, 6.07) is 2.89. The molecule has 0 aliphatic rings. The van der Waals surface area contributed by atoms with Crippen molar-refractivity contribution in [3.8, 4) is 5.75 Å². The first-order valence-electron chi connectivity index (χ1n) is 7.31. The molecular weight excluding hydrogens is 325 g/mol. The lowest BCUT2D eigenvalue weighted by Gasteiger charge is -2.18. The molecule has 0 saturated carbocycles. The van der Waals surface area contributed by atoms with Crippen molar-refractivity contribution in [1.29, 1.82) is 0 Å². The van der Waals surface area contributed by atoms with Gasteiger partial charge in [0.1, 0.15) is 6.04 Å². The van der Waals surface area contributed by atoms with Gasteiger partial charge in [0, 0.05) is 6.54 Å². The number of carboxylic acid groups (broad SMARTS) is 1. The minimum atomic E-state index is -0.856. The Morgan fingerprint density at radius 1 is 1.23 bits per heavy atom. The molecule has 4 nitrogen and oxygen atoms in total. The number of hydrogen-bond acceptors (Lipinski definition) is 3. The van der Waals surface area contributed by atoms with Crippen LogP contribution in [0.4, 0.5) is 0 Å². The van der Waals surface area contributed by atoms with Gasteiger partial charge in [-0.1, -0.05) is 37.0 Å². The molecule has 1 rings (SSSR count). The van der Waals surface area contributed by atoms with Gasteiger partial charge in [0.25, 0.3) is 0 Å². The first kappa shape index (κ1) is 19.1. The van der Waals surface area contributed by atoms with Crippen molar-refractivity contribution < 1.29 is 14.6 Å². The predicted octanol–water partition coefficient (Wildman–Crippen LogP) is 4.37. The Bertz CT molecular complexity index is 495. The summed E-state index contributed by atoms with van der Waals surface area (Å²) in [6.45, 7) is 8.15. The molecule has 2 N–H and O–H groups in total. The summed E-state index contributed by atoms with van der Waals surface area (Å²) in [5.41, 5.74) is 0.820. The molecule has 0 bridgehead atoms. The summed E-state index contributed by atoms with van der Waals surface area (Å²) in [5.74, 6) is -0.104. The van der Waals surface area contributed by atoms with Gasteiger partial charge >= 0.3 is 5.97 Å². The molecule has 1 aromatic carbocycles. The van der Waals surface area contributed by atoms with Gasteiger partial charge < -0.3 is 15.2 Å². The number of rotatable bonds is 8. The number of nitrogens with one attached hydrogen (secondary N) is 1. The smallest absolute Gasteiger partial charge is 0.320 e. The maximum atomic E-state index is 11.2. The molecule has 0 radical (unpaired) electrons. The molecule has 0 saturated heterocycles. The van der Waals surface area contributed by atoms with Crippen LogP contribution < -0.4 is 10.1 Å². The molecule has 0 aliphatic carbocycles. The Balaban J connectivity index is 2.80. The van der Waals surface area contributed by atoms with Crippen molar-refractivity contribution in [2.45, 2.75) is 52.8 Å². The van der Waals surface area contributed by atoms with Gasteiger partial charge in [-0.05, 0) is 43.9 Å². The number of halogens is 2. The van der Waals surface area contributed by atoms with Gasteiger partial charge in [0.05, 0.1) is 16.1 Å². The summed E-state index contributed by atoms with van der Waals surface area (Å²) in [4.78, 5) is 11.2. The van der Waals surface area contributed by atoms with E-state index in [1.165, 1.54) is 0 Å². The first-order chi connectivity index (χ1) is 10.2. The van der Waals surface area contributed by atoms with Crippen LogP contribution in [0.2, 0.25) is 10.0 Å². The van der Waals surface area contributed by atoms with Crippen LogP contribution in [0.5, 0.6) is 5.75 Å². The number of carbonyl (C=O) groups is 1. The number of aliphatic carboxylic acids is 1. The van der Waals surface area contributed by atoms with Crippen LogP contribution in [0.1, 0.15) is 39.7 Å². The third kappa shape index (κ3) is 6.03. The Labute approximate surface area is 141 Å². The lowest BCUT2D eigenvalue weighted by molar-refractivity contribution is -0.140. The predicted molar refractivity (Wildman–Crippen MR) is 89.9 cm³/mol. The van der Waals surface area contributed by atoms with Gasteiger partial charge in [-0.25, -0.2) is 0 Å². The van der Waals surface area contributed by atoms with E-state index in [1.54, 1.807) is 12.1 Å². The highest BCUT2D eigenvalue weighted by atomic mass is 35.5. The third-order valence-corrected chi connectivity index (χ3v) is 3.53. The van der Waals surface area contributed by atoms with Crippen LogP contribution in [-0.4, -0.2) is 23.2 Å². The van der Waals surface area contributed by atoms with Crippen LogP contribution in [0.25, 0.3) is 0 Å². The van der Waals surface area contributed by atoms with Crippen molar-refractivity contribution in [1.82, 2.24) is 5.32 Å². The second kappa shape index (κ2) is 8.61. The number of ether oxygens (including phenoxy) is 1. The van der Waals surface area contributed by atoms with Gasteiger partial charge in [-0.3, -0.25) is 4.79 Å². The van der Waals surface area contributed by atoms with E-state index in [0.29, 0.717) is 34.7 Å². The standard InChI is InChI=1S/C16H23Cl2NO3/c1-9(2)5-14(16(20)21)19-8-11-6-12(17)15(13(18)7-11)22-10(3)4/h6-7,9-10,14,19H,5,8H2,1-4H3,(H,20,21). The van der Waals surface area contributed by atoms with E-state index in [-0.39, 0.29) is 6.10 Å². The molecule has 124 valence electrons. The summed E-state index contributed by atoms with van der Waals surface area (Å²) >= 11 is 12.4. The molecule has 1 unspecified atom stereocenters. The second-order valence-electron chi connectivity index (χ2n) is 5.96. The largest absolute Gasteiger partial charge is 0.488 e. The SMILES string of the molecule is CC(C)CC(NCc1cc(Cl)c(OC(C)C)c(Cl)c1)C(=O)O. The average Bonchev–Trinajstić information content (AvgIpc) is 2.37. The highest BCUT2D eigenvalue weighted by Crippen LogP contribution is 2.35. The van der Waals surface area contributed by atoms with E-state index < -0.39 is 12.0 Å². The van der Waals surface area contributed by atoms with Gasteiger partial charge in [-0.15, -0.1) is 0 Å². The van der Waals surface area contributed by atoms with Crippen molar-refractivity contribution >= 4 is 29.2 Å². The first-order valence-corrected chi connectivity index (χ1v) is 8.07. The zero-order valence-electron chi connectivity index (χ0n) is 13.3. The minimum absolute atomic E-state index is 0.0265. The summed E-state index contributed by atoms with van der Waals surface area (Å²) < 4.78 is 5.57. The van der Waals surface area contributed by atoms with Crippen LogP contribution >= 0.6 is 23.2 Å². The summed E-state index contributed by atoms with van der Waals surface area (Å²) in [7, 11) is 0. The van der Waals surface area contributed by atoms with Gasteiger partial charge in [0.15, 0.2) is 5.75 Å². The van der Waals surface area contributed by atoms with E-state index in [2.05, 4.69) is 5.32 Å². The maximum absolute atomic E-state index is 11.2. The molecule has 0 fully saturated rings. The Morgan fingerprint density at radius 2 is 1.77 bits per heavy atom. The summed E-state index contributed by atoms with van der Waals surface area (Å²) in [6.07, 6.45) is 0.534. The van der Waals surface area contributed by atoms with E-state index in [0.717, 1.165) is 5.56 Å².